The first kappa shape index (κ1) is 13.3. The molecule has 1 aromatic rings. The van der Waals surface area contributed by atoms with Crippen LogP contribution in [0.3, 0.4) is 0 Å². The summed E-state index contributed by atoms with van der Waals surface area (Å²) < 4.78 is 10.7. The molecule has 1 spiro atoms. The zero-order chi connectivity index (χ0) is 14.1. The lowest BCUT2D eigenvalue weighted by Crippen LogP contribution is -2.35. The van der Waals surface area contributed by atoms with Gasteiger partial charge in [0.2, 0.25) is 6.79 Å². The SMILES string of the molecule is c1cc2c(cc1NC1=NCC3(CCCCC3)CS1)OCO2. The van der Waals surface area contributed by atoms with Gasteiger partial charge in [0.15, 0.2) is 16.7 Å². The van der Waals surface area contributed by atoms with E-state index in [4.69, 9.17) is 14.5 Å². The van der Waals surface area contributed by atoms with Crippen molar-refractivity contribution >= 4 is 22.6 Å². The number of rotatable bonds is 1. The van der Waals surface area contributed by atoms with E-state index in [1.165, 1.54) is 37.9 Å². The molecular weight excluding hydrogens is 284 g/mol. The summed E-state index contributed by atoms with van der Waals surface area (Å²) in [6, 6.07) is 5.94. The van der Waals surface area contributed by atoms with Gasteiger partial charge in [-0.2, -0.15) is 0 Å². The van der Waals surface area contributed by atoms with Gasteiger partial charge in [-0.05, 0) is 30.4 Å². The number of aliphatic imine (C=N–C) groups is 1. The summed E-state index contributed by atoms with van der Waals surface area (Å²) in [5.74, 6) is 2.83. The number of thioether (sulfide) groups is 1. The van der Waals surface area contributed by atoms with Crippen molar-refractivity contribution in [2.75, 3.05) is 24.4 Å². The number of hydrogen-bond acceptors (Lipinski definition) is 5. The molecule has 0 atom stereocenters. The lowest BCUT2D eigenvalue weighted by Gasteiger charge is -2.38. The second-order valence-corrected chi connectivity index (χ2v) is 7.13. The van der Waals surface area contributed by atoms with Crippen molar-refractivity contribution in [2.24, 2.45) is 10.4 Å². The third-order valence-corrected chi connectivity index (χ3v) is 5.87. The normalized spacial score (nSPS) is 23.0. The summed E-state index contributed by atoms with van der Waals surface area (Å²) in [4.78, 5) is 4.79. The van der Waals surface area contributed by atoms with Crippen molar-refractivity contribution in [1.82, 2.24) is 0 Å². The molecule has 0 bridgehead atoms. The van der Waals surface area contributed by atoms with Crippen LogP contribution >= 0.6 is 11.8 Å². The van der Waals surface area contributed by atoms with Gasteiger partial charge in [-0.15, -0.1) is 0 Å². The highest BCUT2D eigenvalue weighted by molar-refractivity contribution is 8.14. The zero-order valence-electron chi connectivity index (χ0n) is 12.1. The van der Waals surface area contributed by atoms with E-state index in [-0.39, 0.29) is 0 Å². The maximum Gasteiger partial charge on any atom is 0.231 e. The van der Waals surface area contributed by atoms with Crippen molar-refractivity contribution < 1.29 is 9.47 Å². The topological polar surface area (TPSA) is 42.9 Å². The quantitative estimate of drug-likeness (QED) is 0.855. The fraction of sp³-hybridized carbons (Fsp3) is 0.562. The second-order valence-electron chi connectivity index (χ2n) is 6.16. The number of benzene rings is 1. The Morgan fingerprint density at radius 1 is 1.10 bits per heavy atom. The highest BCUT2D eigenvalue weighted by Gasteiger charge is 2.34. The summed E-state index contributed by atoms with van der Waals surface area (Å²) in [7, 11) is 0. The van der Waals surface area contributed by atoms with Gasteiger partial charge in [0.1, 0.15) is 0 Å². The molecule has 1 saturated carbocycles. The highest BCUT2D eigenvalue weighted by atomic mass is 32.2. The van der Waals surface area contributed by atoms with Crippen LogP contribution < -0.4 is 14.8 Å². The molecule has 21 heavy (non-hydrogen) atoms. The fourth-order valence-electron chi connectivity index (χ4n) is 3.33. The maximum atomic E-state index is 5.41. The van der Waals surface area contributed by atoms with Gasteiger partial charge in [0, 0.05) is 24.1 Å². The lowest BCUT2D eigenvalue weighted by molar-refractivity contribution is 0.174. The maximum absolute atomic E-state index is 5.41. The van der Waals surface area contributed by atoms with Crippen LogP contribution in [0.1, 0.15) is 32.1 Å². The Bertz CT molecular complexity index is 567. The minimum Gasteiger partial charge on any atom is -0.454 e. The van der Waals surface area contributed by atoms with Crippen LogP contribution in [0.2, 0.25) is 0 Å². The van der Waals surface area contributed by atoms with Crippen LogP contribution in [0, 0.1) is 5.41 Å². The molecule has 2 aliphatic heterocycles. The smallest absolute Gasteiger partial charge is 0.231 e. The molecule has 5 heteroatoms. The summed E-state index contributed by atoms with van der Waals surface area (Å²) in [5, 5.41) is 4.44. The molecule has 1 N–H and O–H groups in total. The monoisotopic (exact) mass is 304 g/mol. The standard InChI is InChI=1S/C16H20N2O2S/c1-2-6-16(7-3-1)9-17-15(21-10-16)18-12-4-5-13-14(8-12)20-11-19-13/h4-5,8H,1-3,6-7,9-11H2,(H,17,18). The third kappa shape index (κ3) is 2.71. The Morgan fingerprint density at radius 2 is 1.95 bits per heavy atom. The molecule has 4 nitrogen and oxygen atoms in total. The molecule has 0 radical (unpaired) electrons. The Labute approximate surface area is 129 Å². The second kappa shape index (κ2) is 5.44. The predicted octanol–water partition coefficient (Wildman–Crippen LogP) is 3.88. The molecule has 4 rings (SSSR count). The Morgan fingerprint density at radius 3 is 2.76 bits per heavy atom. The Hall–Kier alpha value is -1.36. The van der Waals surface area contributed by atoms with Crippen LogP contribution in [0.15, 0.2) is 23.2 Å². The molecule has 0 saturated heterocycles. The summed E-state index contributed by atoms with van der Waals surface area (Å²) in [6.45, 7) is 1.30. The van der Waals surface area contributed by atoms with E-state index in [0.717, 1.165) is 28.9 Å². The van der Waals surface area contributed by atoms with E-state index in [2.05, 4.69) is 5.32 Å². The van der Waals surface area contributed by atoms with Crippen molar-refractivity contribution in [3.8, 4) is 11.5 Å². The van der Waals surface area contributed by atoms with Gasteiger partial charge >= 0.3 is 0 Å². The minimum absolute atomic E-state index is 0.316. The number of amidine groups is 1. The van der Waals surface area contributed by atoms with E-state index in [1.807, 2.05) is 30.0 Å². The molecule has 0 unspecified atom stereocenters. The largest absolute Gasteiger partial charge is 0.454 e. The van der Waals surface area contributed by atoms with Crippen LogP contribution in [-0.4, -0.2) is 24.3 Å². The zero-order valence-corrected chi connectivity index (χ0v) is 12.9. The average molecular weight is 304 g/mol. The van der Waals surface area contributed by atoms with Crippen LogP contribution in [-0.2, 0) is 0 Å². The van der Waals surface area contributed by atoms with E-state index < -0.39 is 0 Å². The van der Waals surface area contributed by atoms with E-state index >= 15 is 0 Å². The van der Waals surface area contributed by atoms with Crippen molar-refractivity contribution in [2.45, 2.75) is 32.1 Å². The van der Waals surface area contributed by atoms with Gasteiger partial charge < -0.3 is 14.8 Å². The van der Waals surface area contributed by atoms with Gasteiger partial charge in [-0.25, -0.2) is 0 Å². The average Bonchev–Trinajstić information content (AvgIpc) is 2.98. The minimum atomic E-state index is 0.316. The number of fused-ring (bicyclic) bond motifs is 1. The molecule has 2 heterocycles. The fourth-order valence-corrected chi connectivity index (χ4v) is 4.50. The number of hydrogen-bond donors (Lipinski definition) is 1. The third-order valence-electron chi connectivity index (χ3n) is 4.61. The molecule has 1 aliphatic carbocycles. The first-order chi connectivity index (χ1) is 10.3. The summed E-state index contributed by atoms with van der Waals surface area (Å²) in [5.41, 5.74) is 1.49. The van der Waals surface area contributed by atoms with Crippen molar-refractivity contribution in [1.29, 1.82) is 0 Å². The predicted molar refractivity (Wildman–Crippen MR) is 86.5 cm³/mol. The summed E-state index contributed by atoms with van der Waals surface area (Å²) in [6.07, 6.45) is 6.85. The number of anilines is 1. The number of nitrogens with zero attached hydrogens (tertiary/aromatic N) is 1. The van der Waals surface area contributed by atoms with Crippen LogP contribution in [0.5, 0.6) is 11.5 Å². The van der Waals surface area contributed by atoms with E-state index in [0.29, 0.717) is 12.2 Å². The lowest BCUT2D eigenvalue weighted by atomic mass is 9.75. The van der Waals surface area contributed by atoms with E-state index in [9.17, 15) is 0 Å². The number of nitrogens with one attached hydrogen (secondary N) is 1. The van der Waals surface area contributed by atoms with Gasteiger partial charge in [0.25, 0.3) is 0 Å². The molecule has 1 aromatic carbocycles. The molecular formula is C16H20N2O2S. The molecule has 1 fully saturated rings. The molecule has 0 aromatic heterocycles. The molecule has 112 valence electrons. The Kier molecular flexibility index (Phi) is 3.45. The number of ether oxygens (including phenoxy) is 2. The van der Waals surface area contributed by atoms with Gasteiger partial charge in [0.05, 0.1) is 0 Å². The van der Waals surface area contributed by atoms with Gasteiger partial charge in [-0.3, -0.25) is 4.99 Å². The van der Waals surface area contributed by atoms with E-state index in [1.54, 1.807) is 0 Å². The molecule has 3 aliphatic rings. The first-order valence-electron chi connectivity index (χ1n) is 7.67. The molecule has 0 amide bonds. The van der Waals surface area contributed by atoms with Crippen molar-refractivity contribution in [3.05, 3.63) is 18.2 Å². The highest BCUT2D eigenvalue weighted by Crippen LogP contribution is 2.42. The van der Waals surface area contributed by atoms with Gasteiger partial charge in [-0.1, -0.05) is 31.0 Å². The summed E-state index contributed by atoms with van der Waals surface area (Å²) >= 11 is 1.86. The van der Waals surface area contributed by atoms with Crippen LogP contribution in [0.4, 0.5) is 5.69 Å². The van der Waals surface area contributed by atoms with Crippen LogP contribution in [0.25, 0.3) is 0 Å². The van der Waals surface area contributed by atoms with Crippen molar-refractivity contribution in [3.63, 3.8) is 0 Å². The first-order valence-corrected chi connectivity index (χ1v) is 8.66. The Balaban J connectivity index is 1.44.